The zero-order valence-corrected chi connectivity index (χ0v) is 15.3. The van der Waals surface area contributed by atoms with Crippen LogP contribution in [0.5, 0.6) is 5.75 Å². The molecule has 2 heterocycles. The maximum absolute atomic E-state index is 14.5. The van der Waals surface area contributed by atoms with E-state index in [2.05, 4.69) is 15.5 Å². The number of nitriles is 1. The summed E-state index contributed by atoms with van der Waals surface area (Å²) >= 11 is 0. The molecule has 1 aliphatic heterocycles. The van der Waals surface area contributed by atoms with Crippen LogP contribution in [0.25, 0.3) is 11.3 Å². The first kappa shape index (κ1) is 20.1. The number of methoxy groups -OCH3 is 1. The standard InChI is InChI=1S/C18H16F3N5O3/c1-3-29-16(27)17(18(19,20)21)11(8-22)14(23)24-15-12(17)13(25-26-15)9-4-6-10(28-2)7-5-9/h4-7H,3,23H2,1-2H3,(H2,24,25,26)/t17-/m0/s1. The molecule has 29 heavy (non-hydrogen) atoms. The molecule has 1 aromatic carbocycles. The number of ether oxygens (including phenoxy) is 2. The van der Waals surface area contributed by atoms with E-state index in [-0.39, 0.29) is 23.7 Å². The Hall–Kier alpha value is -3.68. The van der Waals surface area contributed by atoms with Crippen LogP contribution in [-0.2, 0) is 14.9 Å². The van der Waals surface area contributed by atoms with Gasteiger partial charge in [0, 0.05) is 5.56 Å². The maximum atomic E-state index is 14.5. The second-order valence-corrected chi connectivity index (χ2v) is 6.04. The monoisotopic (exact) mass is 407 g/mol. The summed E-state index contributed by atoms with van der Waals surface area (Å²) in [5, 5.41) is 18.3. The minimum atomic E-state index is -5.24. The van der Waals surface area contributed by atoms with E-state index in [1.807, 2.05) is 0 Å². The Morgan fingerprint density at radius 1 is 1.34 bits per heavy atom. The number of anilines is 1. The number of benzene rings is 1. The fourth-order valence-corrected chi connectivity index (χ4v) is 3.27. The van der Waals surface area contributed by atoms with E-state index in [0.717, 1.165) is 0 Å². The zero-order valence-electron chi connectivity index (χ0n) is 15.3. The molecule has 152 valence electrons. The number of nitrogens with two attached hydrogens (primary N) is 1. The zero-order chi connectivity index (χ0) is 21.4. The molecular weight excluding hydrogens is 391 g/mol. The molecule has 11 heteroatoms. The predicted octanol–water partition coefficient (Wildman–Crippen LogP) is 2.57. The second-order valence-electron chi connectivity index (χ2n) is 6.04. The van der Waals surface area contributed by atoms with Gasteiger partial charge in [0.2, 0.25) is 5.41 Å². The minimum Gasteiger partial charge on any atom is -0.497 e. The Morgan fingerprint density at radius 3 is 2.52 bits per heavy atom. The number of hydrogen-bond acceptors (Lipinski definition) is 7. The maximum Gasteiger partial charge on any atom is 0.414 e. The highest BCUT2D eigenvalue weighted by Crippen LogP contribution is 2.54. The number of aromatic nitrogens is 2. The molecule has 8 nitrogen and oxygen atoms in total. The molecule has 3 rings (SSSR count). The molecular formula is C18H16F3N5O3. The molecule has 0 fully saturated rings. The lowest BCUT2D eigenvalue weighted by atomic mass is 9.71. The number of H-pyrrole nitrogens is 1. The van der Waals surface area contributed by atoms with Crippen LogP contribution in [0.4, 0.5) is 19.0 Å². The SMILES string of the molecule is CCOC(=O)[C@]1(C(F)(F)F)C(C#N)=C(N)Nc2n[nH]c(-c3ccc(OC)cc3)c21. The van der Waals surface area contributed by atoms with Crippen LogP contribution in [0, 0.1) is 11.3 Å². The third kappa shape index (κ3) is 2.84. The van der Waals surface area contributed by atoms with Crippen LogP contribution in [0.2, 0.25) is 0 Å². The van der Waals surface area contributed by atoms with Gasteiger partial charge < -0.3 is 20.5 Å². The molecule has 4 N–H and O–H groups in total. The largest absolute Gasteiger partial charge is 0.497 e. The van der Waals surface area contributed by atoms with Gasteiger partial charge in [-0.15, -0.1) is 0 Å². The Labute approximate surface area is 163 Å². The van der Waals surface area contributed by atoms with E-state index in [1.54, 1.807) is 0 Å². The topological polar surface area (TPSA) is 126 Å². The van der Waals surface area contributed by atoms with Gasteiger partial charge in [0.15, 0.2) is 5.82 Å². The van der Waals surface area contributed by atoms with Crippen LogP contribution < -0.4 is 15.8 Å². The first-order valence-electron chi connectivity index (χ1n) is 8.36. The normalized spacial score (nSPS) is 18.5. The van der Waals surface area contributed by atoms with Crippen molar-refractivity contribution in [1.82, 2.24) is 10.2 Å². The van der Waals surface area contributed by atoms with Gasteiger partial charge in [-0.1, -0.05) is 0 Å². The van der Waals surface area contributed by atoms with Crippen molar-refractivity contribution in [3.63, 3.8) is 0 Å². The minimum absolute atomic E-state index is 0.110. The summed E-state index contributed by atoms with van der Waals surface area (Å²) in [6, 6.07) is 7.48. The fraction of sp³-hybridized carbons (Fsp3) is 0.278. The number of halogens is 3. The van der Waals surface area contributed by atoms with Gasteiger partial charge in [0.1, 0.15) is 23.2 Å². The third-order valence-electron chi connectivity index (χ3n) is 4.54. The Morgan fingerprint density at radius 2 is 2.00 bits per heavy atom. The molecule has 2 aromatic rings. The van der Waals surface area contributed by atoms with Gasteiger partial charge in [-0.2, -0.15) is 23.5 Å². The summed E-state index contributed by atoms with van der Waals surface area (Å²) in [6.45, 7) is 1.04. The quantitative estimate of drug-likeness (QED) is 0.665. The number of esters is 1. The van der Waals surface area contributed by atoms with Crippen molar-refractivity contribution in [2.75, 3.05) is 19.0 Å². The van der Waals surface area contributed by atoms with Crippen molar-refractivity contribution in [3.8, 4) is 23.1 Å². The van der Waals surface area contributed by atoms with Crippen LogP contribution in [0.15, 0.2) is 35.7 Å². The number of nitrogens with one attached hydrogen (secondary N) is 2. The molecule has 0 unspecified atom stereocenters. The van der Waals surface area contributed by atoms with Crippen LogP contribution in [0.1, 0.15) is 12.5 Å². The van der Waals surface area contributed by atoms with Crippen molar-refractivity contribution < 1.29 is 27.4 Å². The van der Waals surface area contributed by atoms with E-state index >= 15 is 0 Å². The van der Waals surface area contributed by atoms with Gasteiger partial charge >= 0.3 is 12.1 Å². The summed E-state index contributed by atoms with van der Waals surface area (Å²) in [5.41, 5.74) is 0.812. The molecule has 1 atom stereocenters. The van der Waals surface area contributed by atoms with E-state index in [4.69, 9.17) is 15.2 Å². The lowest BCUT2D eigenvalue weighted by Crippen LogP contribution is -2.54. The highest BCUT2D eigenvalue weighted by molar-refractivity contribution is 5.96. The molecule has 0 aliphatic carbocycles. The van der Waals surface area contributed by atoms with Gasteiger partial charge in [-0.3, -0.25) is 9.89 Å². The number of carbonyl (C=O) groups is 1. The number of nitrogens with zero attached hydrogens (tertiary/aromatic N) is 2. The summed E-state index contributed by atoms with van der Waals surface area (Å²) < 4.78 is 53.4. The first-order valence-corrected chi connectivity index (χ1v) is 8.36. The lowest BCUT2D eigenvalue weighted by Gasteiger charge is -2.36. The molecule has 0 saturated heterocycles. The van der Waals surface area contributed by atoms with Crippen molar-refractivity contribution in [3.05, 3.63) is 41.2 Å². The second kappa shape index (κ2) is 7.05. The Bertz CT molecular complexity index is 1020. The average Bonchev–Trinajstić information content (AvgIpc) is 3.09. The van der Waals surface area contributed by atoms with Crippen molar-refractivity contribution >= 4 is 11.8 Å². The summed E-state index contributed by atoms with van der Waals surface area (Å²) in [6.07, 6.45) is -5.24. The summed E-state index contributed by atoms with van der Waals surface area (Å²) in [5.74, 6) is -2.13. The predicted molar refractivity (Wildman–Crippen MR) is 95.4 cm³/mol. The average molecular weight is 407 g/mol. The molecule has 0 bridgehead atoms. The third-order valence-corrected chi connectivity index (χ3v) is 4.54. The number of alkyl halides is 3. The van der Waals surface area contributed by atoms with E-state index in [0.29, 0.717) is 5.75 Å². The van der Waals surface area contributed by atoms with E-state index in [9.17, 15) is 23.2 Å². The fourth-order valence-electron chi connectivity index (χ4n) is 3.27. The smallest absolute Gasteiger partial charge is 0.414 e. The molecule has 1 aliphatic rings. The van der Waals surface area contributed by atoms with E-state index in [1.165, 1.54) is 44.4 Å². The van der Waals surface area contributed by atoms with Gasteiger partial charge in [0.25, 0.3) is 0 Å². The molecule has 0 spiro atoms. The van der Waals surface area contributed by atoms with Crippen molar-refractivity contribution in [1.29, 1.82) is 5.26 Å². The number of rotatable bonds is 4. The summed E-state index contributed by atoms with van der Waals surface area (Å²) in [7, 11) is 1.44. The molecule has 0 amide bonds. The highest BCUT2D eigenvalue weighted by Gasteiger charge is 2.69. The first-order chi connectivity index (χ1) is 13.7. The van der Waals surface area contributed by atoms with Crippen molar-refractivity contribution in [2.24, 2.45) is 5.73 Å². The van der Waals surface area contributed by atoms with E-state index < -0.39 is 34.5 Å². The number of aromatic amines is 1. The highest BCUT2D eigenvalue weighted by atomic mass is 19.4. The van der Waals surface area contributed by atoms with Gasteiger partial charge in [-0.05, 0) is 31.2 Å². The van der Waals surface area contributed by atoms with Crippen LogP contribution in [-0.4, -0.2) is 36.1 Å². The number of carbonyl (C=O) groups excluding carboxylic acids is 1. The molecule has 0 saturated carbocycles. The Balaban J connectivity index is 2.38. The molecule has 1 aromatic heterocycles. The van der Waals surface area contributed by atoms with Crippen molar-refractivity contribution in [2.45, 2.75) is 18.5 Å². The molecule has 0 radical (unpaired) electrons. The summed E-state index contributed by atoms with van der Waals surface area (Å²) in [4.78, 5) is 12.8. The van der Waals surface area contributed by atoms with Crippen LogP contribution >= 0.6 is 0 Å². The Kier molecular flexibility index (Phi) is 4.88. The number of hydrogen-bond donors (Lipinski definition) is 3. The van der Waals surface area contributed by atoms with Gasteiger partial charge in [0.05, 0.1) is 25.0 Å². The number of fused-ring (bicyclic) bond motifs is 1. The van der Waals surface area contributed by atoms with Crippen LogP contribution in [0.3, 0.4) is 0 Å². The van der Waals surface area contributed by atoms with Gasteiger partial charge in [-0.25, -0.2) is 0 Å². The lowest BCUT2D eigenvalue weighted by molar-refractivity contribution is -0.200.